The van der Waals surface area contributed by atoms with Gasteiger partial charge in [-0.05, 0) is 96.9 Å². The van der Waals surface area contributed by atoms with Crippen molar-refractivity contribution >= 4 is 23.5 Å². The molecule has 0 bridgehead atoms. The zero-order chi connectivity index (χ0) is 24.0. The minimum Gasteiger partial charge on any atom is -0.493 e. The molecule has 0 aliphatic carbocycles. The molecule has 1 spiro atoms. The number of hydrogen-bond acceptors (Lipinski definition) is 4. The summed E-state index contributed by atoms with van der Waals surface area (Å²) in [5, 5.41) is 0. The highest BCUT2D eigenvalue weighted by Crippen LogP contribution is 2.65. The van der Waals surface area contributed by atoms with Gasteiger partial charge in [0, 0.05) is 9.79 Å². The van der Waals surface area contributed by atoms with Crippen molar-refractivity contribution in [1.29, 1.82) is 0 Å². The largest absolute Gasteiger partial charge is 0.493 e. The van der Waals surface area contributed by atoms with Gasteiger partial charge in [0.1, 0.15) is 11.5 Å². The van der Waals surface area contributed by atoms with E-state index in [-0.39, 0.29) is 14.9 Å². The first-order valence-corrected chi connectivity index (χ1v) is 14.1. The van der Waals surface area contributed by atoms with E-state index in [0.29, 0.717) is 0 Å². The molecule has 0 amide bonds. The van der Waals surface area contributed by atoms with E-state index < -0.39 is 0 Å². The van der Waals surface area contributed by atoms with Crippen LogP contribution in [0.15, 0.2) is 34.1 Å². The summed E-state index contributed by atoms with van der Waals surface area (Å²) < 4.78 is 12.3. The first-order chi connectivity index (χ1) is 15.5. The number of hydrogen-bond donors (Lipinski definition) is 0. The van der Waals surface area contributed by atoms with Gasteiger partial charge in [0.15, 0.2) is 0 Å². The van der Waals surface area contributed by atoms with Gasteiger partial charge < -0.3 is 9.47 Å². The van der Waals surface area contributed by atoms with Gasteiger partial charge in [-0.2, -0.15) is 0 Å². The third kappa shape index (κ3) is 4.80. The molecule has 2 aromatic rings. The minimum absolute atomic E-state index is 0.0956. The number of thioether (sulfide) groups is 2. The van der Waals surface area contributed by atoms with Crippen LogP contribution in [-0.2, 0) is 10.8 Å². The summed E-state index contributed by atoms with van der Waals surface area (Å²) >= 11 is 4.19. The molecule has 2 aromatic carbocycles. The fourth-order valence-electron chi connectivity index (χ4n) is 5.45. The average molecular weight is 485 g/mol. The lowest BCUT2D eigenvalue weighted by Gasteiger charge is -2.51. The quantitative estimate of drug-likeness (QED) is 0.407. The maximum absolute atomic E-state index is 6.09. The molecule has 4 heteroatoms. The number of fused-ring (bicyclic) bond motifs is 2. The standard InChI is InChI=1S/C29H40O2S2/c1-9-11-30-23-15-21-25(13-19(23)3)32-29(17-27(21,5)6)18-28(7,8)22-16-24(31-12-10-2)20(4)14-26(22)33-29/h13-16H,9-12,17-18H2,1-8H3. The summed E-state index contributed by atoms with van der Waals surface area (Å²) in [6, 6.07) is 9.41. The van der Waals surface area contributed by atoms with E-state index in [0.717, 1.165) is 50.4 Å². The summed E-state index contributed by atoms with van der Waals surface area (Å²) in [7, 11) is 0. The van der Waals surface area contributed by atoms with Crippen LogP contribution < -0.4 is 9.47 Å². The molecule has 0 aromatic heterocycles. The second-order valence-electron chi connectivity index (χ2n) is 11.2. The fraction of sp³-hybridized carbons (Fsp3) is 0.586. The van der Waals surface area contributed by atoms with Crippen LogP contribution in [0.25, 0.3) is 0 Å². The topological polar surface area (TPSA) is 18.5 Å². The molecule has 0 atom stereocenters. The Labute approximate surface area is 209 Å². The van der Waals surface area contributed by atoms with E-state index in [1.807, 2.05) is 0 Å². The van der Waals surface area contributed by atoms with Crippen molar-refractivity contribution in [3.63, 3.8) is 0 Å². The maximum atomic E-state index is 6.09. The van der Waals surface area contributed by atoms with Crippen LogP contribution >= 0.6 is 23.5 Å². The second-order valence-corrected chi connectivity index (χ2v) is 14.3. The molecule has 2 aliphatic heterocycles. The molecule has 2 nitrogen and oxygen atoms in total. The lowest BCUT2D eigenvalue weighted by atomic mass is 9.73. The van der Waals surface area contributed by atoms with E-state index in [1.54, 1.807) is 0 Å². The maximum Gasteiger partial charge on any atom is 0.122 e. The van der Waals surface area contributed by atoms with Gasteiger partial charge in [-0.15, -0.1) is 23.5 Å². The molecule has 0 N–H and O–H groups in total. The van der Waals surface area contributed by atoms with Crippen LogP contribution in [0.2, 0.25) is 0 Å². The van der Waals surface area contributed by atoms with Crippen LogP contribution in [-0.4, -0.2) is 17.3 Å². The van der Waals surface area contributed by atoms with Crippen LogP contribution in [0, 0.1) is 13.8 Å². The Morgan fingerprint density at radius 1 is 0.697 bits per heavy atom. The molecule has 2 heterocycles. The molecule has 0 saturated carbocycles. The van der Waals surface area contributed by atoms with E-state index in [1.165, 1.54) is 32.0 Å². The van der Waals surface area contributed by atoms with Crippen molar-refractivity contribution in [2.75, 3.05) is 13.2 Å². The average Bonchev–Trinajstić information content (AvgIpc) is 2.70. The highest BCUT2D eigenvalue weighted by atomic mass is 32.2. The molecule has 2 aliphatic rings. The Bertz CT molecular complexity index is 955. The minimum atomic E-state index is 0.0956. The number of benzene rings is 2. The predicted octanol–water partition coefficient (Wildman–Crippen LogP) is 8.82. The van der Waals surface area contributed by atoms with E-state index in [4.69, 9.17) is 9.47 Å². The second kappa shape index (κ2) is 9.07. The van der Waals surface area contributed by atoms with E-state index in [9.17, 15) is 0 Å². The molecular weight excluding hydrogens is 444 g/mol. The molecule has 0 radical (unpaired) electrons. The van der Waals surface area contributed by atoms with Crippen LogP contribution in [0.3, 0.4) is 0 Å². The van der Waals surface area contributed by atoms with Gasteiger partial charge in [0.05, 0.1) is 17.3 Å². The van der Waals surface area contributed by atoms with Crippen molar-refractivity contribution < 1.29 is 9.47 Å². The summed E-state index contributed by atoms with van der Waals surface area (Å²) in [5.41, 5.74) is 5.57. The Morgan fingerprint density at radius 3 is 1.45 bits per heavy atom. The smallest absolute Gasteiger partial charge is 0.122 e. The van der Waals surface area contributed by atoms with E-state index >= 15 is 0 Å². The molecule has 4 rings (SSSR count). The summed E-state index contributed by atoms with van der Waals surface area (Å²) in [4.78, 5) is 2.86. The van der Waals surface area contributed by atoms with Crippen molar-refractivity contribution in [3.8, 4) is 11.5 Å². The SMILES string of the molecule is CCCOc1cc2c(cc1C)SC1(CC2(C)C)CC(C)(C)c2cc(OCCC)c(C)cc2S1. The van der Waals surface area contributed by atoms with Crippen LogP contribution in [0.4, 0.5) is 0 Å². The molecule has 180 valence electrons. The zero-order valence-corrected chi connectivity index (χ0v) is 23.3. The van der Waals surface area contributed by atoms with Gasteiger partial charge in [-0.3, -0.25) is 0 Å². The number of ether oxygens (including phenoxy) is 2. The molecule has 0 unspecified atom stereocenters. The van der Waals surface area contributed by atoms with Crippen molar-refractivity contribution in [3.05, 3.63) is 46.5 Å². The normalized spacial score (nSPS) is 19.6. The van der Waals surface area contributed by atoms with Crippen molar-refractivity contribution in [2.45, 2.75) is 106 Å². The summed E-state index contributed by atoms with van der Waals surface area (Å²) in [5.74, 6) is 2.11. The highest BCUT2D eigenvalue weighted by Gasteiger charge is 2.51. The van der Waals surface area contributed by atoms with Gasteiger partial charge in [0.2, 0.25) is 0 Å². The first-order valence-electron chi connectivity index (χ1n) is 12.4. The molecule has 0 saturated heterocycles. The Kier molecular flexibility index (Phi) is 6.83. The third-order valence-electron chi connectivity index (χ3n) is 6.95. The zero-order valence-electron chi connectivity index (χ0n) is 21.7. The molecular formula is C29H40O2S2. The number of aryl methyl sites for hydroxylation is 2. The Morgan fingerprint density at radius 2 is 1.09 bits per heavy atom. The Hall–Kier alpha value is -1.26. The third-order valence-corrected chi connectivity index (χ3v) is 9.89. The van der Waals surface area contributed by atoms with Crippen LogP contribution in [0.1, 0.15) is 89.5 Å². The summed E-state index contributed by atoms with van der Waals surface area (Å²) in [6.07, 6.45) is 4.37. The van der Waals surface area contributed by atoms with Crippen molar-refractivity contribution in [1.82, 2.24) is 0 Å². The highest BCUT2D eigenvalue weighted by molar-refractivity contribution is 8.18. The predicted molar refractivity (Wildman–Crippen MR) is 144 cm³/mol. The fourth-order valence-corrected chi connectivity index (χ4v) is 10.1. The lowest BCUT2D eigenvalue weighted by Crippen LogP contribution is -2.42. The van der Waals surface area contributed by atoms with Gasteiger partial charge >= 0.3 is 0 Å². The monoisotopic (exact) mass is 484 g/mol. The van der Waals surface area contributed by atoms with Gasteiger partial charge in [0.25, 0.3) is 0 Å². The summed E-state index contributed by atoms with van der Waals surface area (Å²) in [6.45, 7) is 19.9. The van der Waals surface area contributed by atoms with Gasteiger partial charge in [-0.1, -0.05) is 41.5 Å². The van der Waals surface area contributed by atoms with Crippen molar-refractivity contribution in [2.24, 2.45) is 0 Å². The molecule has 33 heavy (non-hydrogen) atoms. The number of rotatable bonds is 6. The van der Waals surface area contributed by atoms with E-state index in [2.05, 4.69) is 103 Å². The van der Waals surface area contributed by atoms with Crippen LogP contribution in [0.5, 0.6) is 11.5 Å². The molecule has 0 fully saturated rings. The Balaban J connectivity index is 1.73. The lowest BCUT2D eigenvalue weighted by molar-refractivity contribution is 0.310. The van der Waals surface area contributed by atoms with Gasteiger partial charge in [-0.25, -0.2) is 0 Å². The first kappa shape index (κ1) is 24.9.